The van der Waals surface area contributed by atoms with Crippen molar-refractivity contribution in [3.8, 4) is 0 Å². The van der Waals surface area contributed by atoms with Crippen LogP contribution >= 0.6 is 31.9 Å². The van der Waals surface area contributed by atoms with Crippen LogP contribution in [-0.2, 0) is 24.8 Å². The first-order valence-electron chi connectivity index (χ1n) is 11.1. The standard InChI is InChI=1S/C26H21Br2N3O5S2/c27-19-9-11-22(12-10-19)30-37(33,34)24-15-13-21(14-16-24)29-26(32)18-31(23-6-4-5-20(28)17-23)38(35,36)25-7-2-1-3-8-25/h1-17,30H,18H2,(H,29,32). The van der Waals surface area contributed by atoms with Crippen molar-refractivity contribution in [2.45, 2.75) is 9.79 Å². The summed E-state index contributed by atoms with van der Waals surface area (Å²) in [6, 6.07) is 26.7. The van der Waals surface area contributed by atoms with E-state index in [0.29, 0.717) is 21.5 Å². The highest BCUT2D eigenvalue weighted by Gasteiger charge is 2.27. The molecule has 0 aliphatic rings. The lowest BCUT2D eigenvalue weighted by molar-refractivity contribution is -0.114. The van der Waals surface area contributed by atoms with Crippen LogP contribution in [0.5, 0.6) is 0 Å². The number of rotatable bonds is 9. The van der Waals surface area contributed by atoms with Crippen LogP contribution in [0, 0.1) is 0 Å². The van der Waals surface area contributed by atoms with Crippen molar-refractivity contribution in [3.05, 3.63) is 112 Å². The van der Waals surface area contributed by atoms with E-state index in [1.165, 1.54) is 36.4 Å². The number of anilines is 3. The first-order chi connectivity index (χ1) is 18.0. The number of carbonyl (C=O) groups excluding carboxylic acids is 1. The van der Waals surface area contributed by atoms with Crippen LogP contribution in [0.4, 0.5) is 17.1 Å². The van der Waals surface area contributed by atoms with E-state index in [2.05, 4.69) is 41.9 Å². The van der Waals surface area contributed by atoms with Gasteiger partial charge in [0.25, 0.3) is 20.0 Å². The van der Waals surface area contributed by atoms with E-state index in [9.17, 15) is 21.6 Å². The summed E-state index contributed by atoms with van der Waals surface area (Å²) >= 11 is 6.64. The Kier molecular flexibility index (Phi) is 8.56. The summed E-state index contributed by atoms with van der Waals surface area (Å²) in [5, 5.41) is 2.64. The molecule has 0 aliphatic heterocycles. The van der Waals surface area contributed by atoms with Gasteiger partial charge in [0.15, 0.2) is 0 Å². The summed E-state index contributed by atoms with van der Waals surface area (Å²) in [7, 11) is -7.91. The number of benzene rings is 4. The van der Waals surface area contributed by atoms with E-state index in [0.717, 1.165) is 8.78 Å². The predicted octanol–water partition coefficient (Wildman–Crippen LogP) is 5.85. The largest absolute Gasteiger partial charge is 0.325 e. The number of hydrogen-bond acceptors (Lipinski definition) is 5. The average molecular weight is 679 g/mol. The minimum atomic E-state index is -4.06. The predicted molar refractivity (Wildman–Crippen MR) is 155 cm³/mol. The molecule has 8 nitrogen and oxygen atoms in total. The molecule has 4 aromatic carbocycles. The monoisotopic (exact) mass is 677 g/mol. The van der Waals surface area contributed by atoms with E-state index in [4.69, 9.17) is 0 Å². The summed E-state index contributed by atoms with van der Waals surface area (Å²) in [4.78, 5) is 13.0. The summed E-state index contributed by atoms with van der Waals surface area (Å²) in [6.07, 6.45) is 0. The Balaban J connectivity index is 1.52. The molecule has 0 saturated carbocycles. The van der Waals surface area contributed by atoms with Gasteiger partial charge in [-0.25, -0.2) is 16.8 Å². The Morgan fingerprint density at radius 2 is 1.32 bits per heavy atom. The molecule has 4 aromatic rings. The first kappa shape index (κ1) is 27.8. The van der Waals surface area contributed by atoms with Crippen molar-refractivity contribution in [2.75, 3.05) is 20.9 Å². The minimum Gasteiger partial charge on any atom is -0.325 e. The Bertz CT molecular complexity index is 1650. The van der Waals surface area contributed by atoms with Crippen molar-refractivity contribution in [1.29, 1.82) is 0 Å². The maximum Gasteiger partial charge on any atom is 0.264 e. The van der Waals surface area contributed by atoms with Crippen molar-refractivity contribution >= 4 is 74.9 Å². The lowest BCUT2D eigenvalue weighted by Crippen LogP contribution is -2.38. The van der Waals surface area contributed by atoms with Crippen LogP contribution in [0.25, 0.3) is 0 Å². The first-order valence-corrected chi connectivity index (χ1v) is 15.6. The molecule has 0 heterocycles. The fourth-order valence-corrected chi connectivity index (χ4v) is 6.59. The van der Waals surface area contributed by atoms with Crippen LogP contribution < -0.4 is 14.3 Å². The van der Waals surface area contributed by atoms with Gasteiger partial charge < -0.3 is 5.32 Å². The number of hydrogen-bond donors (Lipinski definition) is 2. The second kappa shape index (κ2) is 11.7. The normalized spacial score (nSPS) is 11.5. The molecule has 4 rings (SSSR count). The van der Waals surface area contributed by atoms with E-state index >= 15 is 0 Å². The van der Waals surface area contributed by atoms with Gasteiger partial charge in [0.05, 0.1) is 15.5 Å². The highest BCUT2D eigenvalue weighted by Crippen LogP contribution is 2.27. The van der Waals surface area contributed by atoms with Crippen LogP contribution in [0.2, 0.25) is 0 Å². The number of nitrogens with zero attached hydrogens (tertiary/aromatic N) is 1. The summed E-state index contributed by atoms with van der Waals surface area (Å²) in [5.74, 6) is -0.604. The molecule has 0 aromatic heterocycles. The van der Waals surface area contributed by atoms with E-state index in [1.54, 1.807) is 66.7 Å². The zero-order valence-corrected chi connectivity index (χ0v) is 24.4. The quantitative estimate of drug-likeness (QED) is 0.231. The lowest BCUT2D eigenvalue weighted by Gasteiger charge is -2.24. The van der Waals surface area contributed by atoms with Crippen molar-refractivity contribution in [1.82, 2.24) is 0 Å². The smallest absolute Gasteiger partial charge is 0.264 e. The second-order valence-electron chi connectivity index (χ2n) is 7.99. The Labute approximate surface area is 238 Å². The van der Waals surface area contributed by atoms with Gasteiger partial charge in [0.2, 0.25) is 5.91 Å². The second-order valence-corrected chi connectivity index (χ2v) is 13.4. The third kappa shape index (κ3) is 6.81. The number of amides is 1. The van der Waals surface area contributed by atoms with Gasteiger partial charge in [-0.3, -0.25) is 13.8 Å². The van der Waals surface area contributed by atoms with Crippen LogP contribution in [-0.4, -0.2) is 29.3 Å². The third-order valence-electron chi connectivity index (χ3n) is 5.26. The molecule has 12 heteroatoms. The van der Waals surface area contributed by atoms with Gasteiger partial charge in [0, 0.05) is 20.3 Å². The maximum atomic E-state index is 13.4. The Hall–Kier alpha value is -3.19. The molecular formula is C26H21Br2N3O5S2. The van der Waals surface area contributed by atoms with Crippen molar-refractivity contribution in [3.63, 3.8) is 0 Å². The molecule has 0 aliphatic carbocycles. The number of halogens is 2. The van der Waals surface area contributed by atoms with Gasteiger partial charge in [-0.1, -0.05) is 56.1 Å². The summed E-state index contributed by atoms with van der Waals surface area (Å²) in [5.41, 5.74) is 1.01. The molecule has 0 saturated heterocycles. The van der Waals surface area contributed by atoms with Crippen molar-refractivity contribution in [2.24, 2.45) is 0 Å². The molecule has 0 radical (unpaired) electrons. The van der Waals surface area contributed by atoms with Crippen LogP contribution in [0.1, 0.15) is 0 Å². The highest BCUT2D eigenvalue weighted by molar-refractivity contribution is 9.10. The van der Waals surface area contributed by atoms with Gasteiger partial charge in [0.1, 0.15) is 6.54 Å². The average Bonchev–Trinajstić information content (AvgIpc) is 2.89. The SMILES string of the molecule is O=C(CN(c1cccc(Br)c1)S(=O)(=O)c1ccccc1)Nc1ccc(S(=O)(=O)Nc2ccc(Br)cc2)cc1. The molecule has 38 heavy (non-hydrogen) atoms. The fraction of sp³-hybridized carbons (Fsp3) is 0.0385. The van der Waals surface area contributed by atoms with E-state index in [-0.39, 0.29) is 9.79 Å². The molecule has 0 atom stereocenters. The maximum absolute atomic E-state index is 13.4. The van der Waals surface area contributed by atoms with Crippen LogP contribution in [0.15, 0.2) is 122 Å². The number of carbonyl (C=O) groups is 1. The van der Waals surface area contributed by atoms with Gasteiger partial charge in [-0.2, -0.15) is 0 Å². The zero-order chi connectivity index (χ0) is 27.3. The van der Waals surface area contributed by atoms with Crippen molar-refractivity contribution < 1.29 is 21.6 Å². The van der Waals surface area contributed by atoms with Crippen LogP contribution in [0.3, 0.4) is 0 Å². The molecular weight excluding hydrogens is 658 g/mol. The number of nitrogens with one attached hydrogen (secondary N) is 2. The Morgan fingerprint density at radius 3 is 1.95 bits per heavy atom. The molecule has 196 valence electrons. The molecule has 0 spiro atoms. The lowest BCUT2D eigenvalue weighted by atomic mass is 10.3. The fourth-order valence-electron chi connectivity index (χ4n) is 3.45. The molecule has 1 amide bonds. The molecule has 0 unspecified atom stereocenters. The number of sulfonamides is 2. The minimum absolute atomic E-state index is 0.000774. The highest BCUT2D eigenvalue weighted by atomic mass is 79.9. The summed E-state index contributed by atoms with van der Waals surface area (Å²) < 4.78 is 57.2. The molecule has 0 bridgehead atoms. The van der Waals surface area contributed by atoms with E-state index < -0.39 is 32.5 Å². The molecule has 0 fully saturated rings. The topological polar surface area (TPSA) is 113 Å². The van der Waals surface area contributed by atoms with Gasteiger partial charge in [-0.15, -0.1) is 0 Å². The van der Waals surface area contributed by atoms with E-state index in [1.807, 2.05) is 0 Å². The third-order valence-corrected chi connectivity index (χ3v) is 9.47. The Morgan fingerprint density at radius 1 is 0.684 bits per heavy atom. The van der Waals surface area contributed by atoms with Gasteiger partial charge in [-0.05, 0) is 78.9 Å². The molecule has 2 N–H and O–H groups in total. The summed E-state index contributed by atoms with van der Waals surface area (Å²) in [6.45, 7) is -0.501. The van der Waals surface area contributed by atoms with Gasteiger partial charge >= 0.3 is 0 Å². The zero-order valence-electron chi connectivity index (χ0n) is 19.6.